The molecular weight excluding hydrogens is 456 g/mol. The monoisotopic (exact) mass is 476 g/mol. The molecule has 0 bridgehead atoms. The van der Waals surface area contributed by atoms with Crippen LogP contribution in [0.3, 0.4) is 0 Å². The molecule has 2 heterocycles. The highest BCUT2D eigenvalue weighted by Crippen LogP contribution is 2.52. The summed E-state index contributed by atoms with van der Waals surface area (Å²) in [4.78, 5) is 39.4. The number of fused-ring (bicyclic) bond motifs is 5. The first-order valence-electron chi connectivity index (χ1n) is 10.5. The predicted molar refractivity (Wildman–Crippen MR) is 125 cm³/mol. The van der Waals surface area contributed by atoms with E-state index in [-0.39, 0.29) is 16.9 Å². The molecule has 2 aliphatic heterocycles. The van der Waals surface area contributed by atoms with Crippen LogP contribution in [0.5, 0.6) is 0 Å². The molecule has 3 aromatic rings. The molecule has 0 radical (unpaired) electrons. The first-order valence-corrected chi connectivity index (χ1v) is 12.0. The minimum atomic E-state index is -4.17. The summed E-state index contributed by atoms with van der Waals surface area (Å²) in [6.45, 7) is 0. The van der Waals surface area contributed by atoms with E-state index in [1.54, 1.807) is 54.6 Å². The zero-order chi connectivity index (χ0) is 24.2. The molecule has 1 atom stereocenters. The van der Waals surface area contributed by atoms with Crippen molar-refractivity contribution in [1.82, 2.24) is 0 Å². The molecule has 0 spiro atoms. The van der Waals surface area contributed by atoms with Crippen LogP contribution < -0.4 is 9.21 Å². The Hall–Kier alpha value is -3.98. The van der Waals surface area contributed by atoms with Crippen molar-refractivity contribution in [2.75, 3.05) is 23.4 Å². The highest BCUT2D eigenvalue weighted by atomic mass is 32.2. The Kier molecular flexibility index (Phi) is 5.02. The molecular formula is C25H20N2O6S. The number of carbonyl (C=O) groups excluding carboxylic acids is 3. The minimum Gasteiger partial charge on any atom is -0.469 e. The average molecular weight is 477 g/mol. The number of hydrogen-bond donors (Lipinski definition) is 0. The van der Waals surface area contributed by atoms with Gasteiger partial charge in [-0.2, -0.15) is 0 Å². The first kappa shape index (κ1) is 21.8. The van der Waals surface area contributed by atoms with Crippen molar-refractivity contribution in [3.05, 3.63) is 77.9 Å². The molecule has 1 unspecified atom stereocenters. The number of sulfonamides is 1. The van der Waals surface area contributed by atoms with Crippen molar-refractivity contribution in [3.63, 3.8) is 0 Å². The summed E-state index contributed by atoms with van der Waals surface area (Å²) in [6.07, 6.45) is -0.342. The number of carbonyl (C=O) groups is 3. The molecule has 1 amide bonds. The third-order valence-electron chi connectivity index (χ3n) is 6.25. The zero-order valence-electron chi connectivity index (χ0n) is 18.4. The van der Waals surface area contributed by atoms with Gasteiger partial charge in [0.2, 0.25) is 0 Å². The van der Waals surface area contributed by atoms with Crippen molar-refractivity contribution in [2.24, 2.45) is 0 Å². The van der Waals surface area contributed by atoms with Crippen LogP contribution in [0.15, 0.2) is 71.6 Å². The molecule has 0 N–H and O–H groups in total. The number of para-hydroxylation sites is 1. The molecule has 34 heavy (non-hydrogen) atoms. The van der Waals surface area contributed by atoms with Crippen LogP contribution in [0.2, 0.25) is 0 Å². The van der Waals surface area contributed by atoms with E-state index >= 15 is 0 Å². The van der Waals surface area contributed by atoms with E-state index in [2.05, 4.69) is 0 Å². The van der Waals surface area contributed by atoms with Gasteiger partial charge in [0, 0.05) is 12.6 Å². The largest absolute Gasteiger partial charge is 0.469 e. The number of benzene rings is 3. The normalized spacial score (nSPS) is 16.7. The van der Waals surface area contributed by atoms with Gasteiger partial charge in [0.15, 0.2) is 0 Å². The Morgan fingerprint density at radius 2 is 1.59 bits per heavy atom. The van der Waals surface area contributed by atoms with Crippen LogP contribution in [0.1, 0.15) is 28.4 Å². The van der Waals surface area contributed by atoms with Gasteiger partial charge in [-0.25, -0.2) is 8.42 Å². The van der Waals surface area contributed by atoms with Gasteiger partial charge >= 0.3 is 5.97 Å². The van der Waals surface area contributed by atoms with Crippen molar-refractivity contribution < 1.29 is 27.5 Å². The maximum Gasteiger partial charge on any atom is 0.307 e. The van der Waals surface area contributed by atoms with Crippen molar-refractivity contribution in [1.29, 1.82) is 0 Å². The van der Waals surface area contributed by atoms with Gasteiger partial charge in [0.25, 0.3) is 21.7 Å². The van der Waals surface area contributed by atoms with Crippen molar-refractivity contribution in [2.45, 2.75) is 17.4 Å². The lowest BCUT2D eigenvalue weighted by Crippen LogP contribution is -2.39. The predicted octanol–water partition coefficient (Wildman–Crippen LogP) is 3.33. The summed E-state index contributed by atoms with van der Waals surface area (Å²) in [7, 11) is -1.46. The van der Waals surface area contributed by atoms with Crippen LogP contribution in [0.25, 0.3) is 11.1 Å². The molecule has 3 aromatic carbocycles. The topological polar surface area (TPSA) is 101 Å². The fourth-order valence-corrected chi connectivity index (χ4v) is 6.35. The second kappa shape index (κ2) is 7.81. The van der Waals surface area contributed by atoms with Crippen LogP contribution in [-0.4, -0.2) is 40.2 Å². The summed E-state index contributed by atoms with van der Waals surface area (Å²) in [5.41, 5.74) is 2.36. The third kappa shape index (κ3) is 3.04. The highest BCUT2D eigenvalue weighted by molar-refractivity contribution is 7.92. The second-order valence-electron chi connectivity index (χ2n) is 8.04. The molecule has 0 saturated heterocycles. The lowest BCUT2D eigenvalue weighted by Gasteiger charge is -2.39. The Balaban J connectivity index is 1.86. The molecule has 0 aromatic heterocycles. The van der Waals surface area contributed by atoms with Crippen LogP contribution in [-0.2, 0) is 24.3 Å². The number of esters is 1. The molecule has 0 saturated carbocycles. The molecule has 8 nitrogen and oxygen atoms in total. The zero-order valence-corrected chi connectivity index (χ0v) is 19.2. The summed E-state index contributed by atoms with van der Waals surface area (Å²) in [5.74, 6) is -2.09. The van der Waals surface area contributed by atoms with E-state index in [0.29, 0.717) is 28.1 Å². The Bertz CT molecular complexity index is 1470. The van der Waals surface area contributed by atoms with Crippen molar-refractivity contribution >= 4 is 39.1 Å². The maximum atomic E-state index is 14.0. The summed E-state index contributed by atoms with van der Waals surface area (Å²) in [5, 5.41) is 0. The van der Waals surface area contributed by atoms with Crippen LogP contribution in [0, 0.1) is 0 Å². The fraction of sp³-hybridized carbons (Fsp3) is 0.160. The number of amides is 1. The van der Waals surface area contributed by atoms with Crippen LogP contribution in [0.4, 0.5) is 11.4 Å². The molecule has 5 rings (SSSR count). The Morgan fingerprint density at radius 3 is 2.29 bits per heavy atom. The number of ether oxygens (including phenoxy) is 1. The van der Waals surface area contributed by atoms with Gasteiger partial charge in [-0.05, 0) is 35.4 Å². The summed E-state index contributed by atoms with van der Waals surface area (Å²) >= 11 is 0. The number of Topliss-reactive ketones (excluding diaryl/α,β-unsaturated/α-hetero) is 1. The van der Waals surface area contributed by atoms with Gasteiger partial charge in [0.1, 0.15) is 0 Å². The fourth-order valence-electron chi connectivity index (χ4n) is 4.68. The maximum absolute atomic E-state index is 14.0. The Morgan fingerprint density at radius 1 is 0.912 bits per heavy atom. The SMILES string of the molecule is COC(=O)CC1c2c(ccc3c2C(=O)C(=O)N3C)-c2ccccc2N1S(=O)(=O)c1ccccc1. The molecule has 172 valence electrons. The van der Waals surface area contributed by atoms with Crippen molar-refractivity contribution in [3.8, 4) is 11.1 Å². The number of ketones is 1. The van der Waals surface area contributed by atoms with E-state index < -0.39 is 33.7 Å². The molecule has 2 aliphatic rings. The van der Waals surface area contributed by atoms with E-state index in [4.69, 9.17) is 4.74 Å². The van der Waals surface area contributed by atoms with Gasteiger partial charge in [-0.15, -0.1) is 0 Å². The van der Waals surface area contributed by atoms with Crippen LogP contribution >= 0.6 is 0 Å². The number of hydrogen-bond acceptors (Lipinski definition) is 6. The molecule has 0 aliphatic carbocycles. The first-order chi connectivity index (χ1) is 16.3. The lowest BCUT2D eigenvalue weighted by molar-refractivity contribution is -0.141. The highest BCUT2D eigenvalue weighted by Gasteiger charge is 2.46. The second-order valence-corrected chi connectivity index (χ2v) is 9.86. The van der Waals surface area contributed by atoms with E-state index in [1.807, 2.05) is 0 Å². The number of rotatable bonds is 4. The number of likely N-dealkylation sites (N-methyl/N-ethyl adjacent to an activating group) is 1. The smallest absolute Gasteiger partial charge is 0.307 e. The molecule has 0 fully saturated rings. The van der Waals surface area contributed by atoms with E-state index in [0.717, 1.165) is 0 Å². The quantitative estimate of drug-likeness (QED) is 0.423. The van der Waals surface area contributed by atoms with Gasteiger partial charge in [-0.1, -0.05) is 42.5 Å². The Labute approximate surface area is 196 Å². The standard InChI is InChI=1S/C25H20N2O6S/c1-26-19-13-12-17-16-10-6-7-11-18(16)27(34(31,32)15-8-4-3-5-9-15)20(14-21(28)33-2)22(17)23(19)24(29)25(26)30/h3-13,20H,14H2,1-2H3. The third-order valence-corrected chi connectivity index (χ3v) is 8.08. The number of methoxy groups -OCH3 is 1. The number of nitrogens with zero attached hydrogens (tertiary/aromatic N) is 2. The average Bonchev–Trinajstić information content (AvgIpc) is 3.08. The van der Waals surface area contributed by atoms with Gasteiger partial charge in [-0.3, -0.25) is 18.7 Å². The lowest BCUT2D eigenvalue weighted by atomic mass is 9.84. The van der Waals surface area contributed by atoms with E-state index in [1.165, 1.54) is 35.5 Å². The number of anilines is 2. The van der Waals surface area contributed by atoms with Gasteiger partial charge in [0.05, 0.1) is 41.4 Å². The minimum absolute atomic E-state index is 0.0372. The molecule has 9 heteroatoms. The van der Waals surface area contributed by atoms with E-state index in [9.17, 15) is 22.8 Å². The summed E-state index contributed by atoms with van der Waals surface area (Å²) < 4.78 is 34.0. The summed E-state index contributed by atoms with van der Waals surface area (Å²) in [6, 6.07) is 17.1. The van der Waals surface area contributed by atoms with Gasteiger partial charge < -0.3 is 9.64 Å².